The second-order valence-corrected chi connectivity index (χ2v) is 21.3. The van der Waals surface area contributed by atoms with Crippen LogP contribution >= 0.6 is 7.82 Å². The van der Waals surface area contributed by atoms with E-state index in [1.807, 2.05) is 0 Å². The van der Waals surface area contributed by atoms with Crippen LogP contribution in [0.25, 0.3) is 0 Å². The first-order valence-corrected chi connectivity index (χ1v) is 32.2. The van der Waals surface area contributed by atoms with E-state index < -0.39 is 32.5 Å². The molecule has 0 aliphatic carbocycles. The Morgan fingerprint density at radius 1 is 0.390 bits per heavy atom. The molecule has 0 saturated carbocycles. The summed E-state index contributed by atoms with van der Waals surface area (Å²) in [6.07, 6.45) is 86.6. The zero-order valence-electron chi connectivity index (χ0n) is 48.9. The van der Waals surface area contributed by atoms with Crippen LogP contribution in [0.5, 0.6) is 0 Å². The van der Waals surface area contributed by atoms with Crippen molar-refractivity contribution in [2.75, 3.05) is 26.4 Å². The topological polar surface area (TPSA) is 134 Å². The number of phosphoric ester groups is 1. The number of allylic oxidation sites excluding steroid dienone is 22. The van der Waals surface area contributed by atoms with E-state index in [1.54, 1.807) is 0 Å². The van der Waals surface area contributed by atoms with E-state index in [0.29, 0.717) is 12.8 Å². The van der Waals surface area contributed by atoms with Gasteiger partial charge in [0.15, 0.2) is 6.10 Å². The Morgan fingerprint density at radius 3 is 1.00 bits per heavy atom. The minimum absolute atomic E-state index is 0.0447. The molecule has 0 spiro atoms. The van der Waals surface area contributed by atoms with Crippen molar-refractivity contribution in [1.29, 1.82) is 0 Å². The molecular weight excluding hydrogens is 978 g/mol. The predicted molar refractivity (Wildman–Crippen MR) is 330 cm³/mol. The van der Waals surface area contributed by atoms with Crippen molar-refractivity contribution in [2.45, 2.75) is 251 Å². The number of carbonyl (C=O) groups is 2. The first-order valence-electron chi connectivity index (χ1n) is 30.7. The van der Waals surface area contributed by atoms with Gasteiger partial charge in [-0.1, -0.05) is 257 Å². The van der Waals surface area contributed by atoms with E-state index in [9.17, 15) is 19.0 Å². The fraction of sp³-hybridized carbons (Fsp3) is 0.642. The highest BCUT2D eigenvalue weighted by atomic mass is 31.2. The first-order chi connectivity index (χ1) is 37.8. The molecule has 0 rings (SSSR count). The van der Waals surface area contributed by atoms with Crippen LogP contribution in [0.15, 0.2) is 134 Å². The standard InChI is InChI=1S/C67H112NO8P/c1-3-5-7-9-11-13-15-17-19-21-23-25-26-27-28-29-30-31-32-33-34-35-36-37-38-40-42-44-46-48-50-52-54-56-58-60-67(70)76-65(64-75-77(71,72)74-62-61-68)63-73-66(69)59-57-55-53-51-49-47-45-43-41-39-24-22-20-18-16-14-12-10-8-6-4-2/h5-8,11-14,17-20,23-25,27-28,30-31,39,43,45,65H,3-4,9-10,15-16,21-22,26,29,32-38,40-42,44,46-64,68H2,1-2H3,(H,71,72)/b7-5-,8-6-,13-11-,14-12-,19-17-,20-18-,25-23-,28-27-,31-30-,39-24-,45-43-. The van der Waals surface area contributed by atoms with Crippen LogP contribution in [0.3, 0.4) is 0 Å². The number of ether oxygens (including phenoxy) is 2. The van der Waals surface area contributed by atoms with Gasteiger partial charge in [0.05, 0.1) is 13.2 Å². The van der Waals surface area contributed by atoms with Gasteiger partial charge in [-0.2, -0.15) is 0 Å². The van der Waals surface area contributed by atoms with Crippen LogP contribution in [0.1, 0.15) is 245 Å². The number of nitrogens with two attached hydrogens (primary N) is 1. The maximum atomic E-state index is 12.7. The van der Waals surface area contributed by atoms with E-state index in [2.05, 4.69) is 148 Å². The molecule has 0 heterocycles. The average molecular weight is 1090 g/mol. The van der Waals surface area contributed by atoms with Crippen molar-refractivity contribution in [3.63, 3.8) is 0 Å². The fourth-order valence-corrected chi connectivity index (χ4v) is 8.84. The SMILES string of the molecule is CC/C=C\C/C=C\C/C=C\C/C=C\C/C=C\C/C=C\CCCCCCCCCCCCCCCCCCC(=O)OC(COC(=O)CCCCCCC/C=C\C/C=C\C/C=C\C/C=C\C/C=C\CC)COP(=O)(O)OCCN. The van der Waals surface area contributed by atoms with Gasteiger partial charge < -0.3 is 20.1 Å². The molecule has 0 aromatic carbocycles. The molecule has 0 aromatic rings. The highest BCUT2D eigenvalue weighted by molar-refractivity contribution is 7.47. The van der Waals surface area contributed by atoms with Gasteiger partial charge in [-0.05, 0) is 109 Å². The van der Waals surface area contributed by atoms with Gasteiger partial charge >= 0.3 is 19.8 Å². The molecule has 438 valence electrons. The summed E-state index contributed by atoms with van der Waals surface area (Å²) >= 11 is 0. The zero-order chi connectivity index (χ0) is 55.9. The van der Waals surface area contributed by atoms with Gasteiger partial charge in [-0.3, -0.25) is 18.6 Å². The molecule has 3 N–H and O–H groups in total. The lowest BCUT2D eigenvalue weighted by atomic mass is 10.0. The third kappa shape index (κ3) is 61.2. The Hall–Kier alpha value is -3.85. The van der Waals surface area contributed by atoms with Crippen molar-refractivity contribution < 1.29 is 37.6 Å². The smallest absolute Gasteiger partial charge is 0.462 e. The molecule has 0 amide bonds. The molecule has 77 heavy (non-hydrogen) atoms. The minimum atomic E-state index is -4.40. The summed E-state index contributed by atoms with van der Waals surface area (Å²) in [7, 11) is -4.40. The molecule has 0 aromatic heterocycles. The van der Waals surface area contributed by atoms with E-state index in [1.165, 1.54) is 83.5 Å². The minimum Gasteiger partial charge on any atom is -0.462 e. The van der Waals surface area contributed by atoms with Crippen LogP contribution < -0.4 is 5.73 Å². The van der Waals surface area contributed by atoms with Gasteiger partial charge in [-0.25, -0.2) is 4.57 Å². The molecule has 0 saturated heterocycles. The molecule has 0 radical (unpaired) electrons. The van der Waals surface area contributed by atoms with Crippen LogP contribution in [0, 0.1) is 0 Å². The first kappa shape index (κ1) is 73.2. The largest absolute Gasteiger partial charge is 0.472 e. The maximum Gasteiger partial charge on any atom is 0.472 e. The summed E-state index contributed by atoms with van der Waals surface area (Å²) in [5.74, 6) is -0.853. The quantitative estimate of drug-likeness (QED) is 0.0264. The highest BCUT2D eigenvalue weighted by Crippen LogP contribution is 2.43. The Balaban J connectivity index is 3.96. The molecule has 2 unspecified atom stereocenters. The zero-order valence-corrected chi connectivity index (χ0v) is 49.8. The number of unbranched alkanes of at least 4 members (excludes halogenated alkanes) is 21. The van der Waals surface area contributed by atoms with Crippen LogP contribution in [-0.4, -0.2) is 49.3 Å². The summed E-state index contributed by atoms with van der Waals surface area (Å²) in [4.78, 5) is 35.2. The van der Waals surface area contributed by atoms with Gasteiger partial charge in [0, 0.05) is 19.4 Å². The molecule has 0 bridgehead atoms. The van der Waals surface area contributed by atoms with Gasteiger partial charge in [0.25, 0.3) is 0 Å². The lowest BCUT2D eigenvalue weighted by Crippen LogP contribution is -2.29. The molecule has 0 aliphatic heterocycles. The van der Waals surface area contributed by atoms with E-state index >= 15 is 0 Å². The summed E-state index contributed by atoms with van der Waals surface area (Å²) in [6, 6.07) is 0. The van der Waals surface area contributed by atoms with Crippen molar-refractivity contribution >= 4 is 19.8 Å². The van der Waals surface area contributed by atoms with Crippen LogP contribution in [-0.2, 0) is 32.7 Å². The van der Waals surface area contributed by atoms with E-state index in [-0.39, 0.29) is 32.6 Å². The number of carbonyl (C=O) groups excluding carboxylic acids is 2. The number of hydrogen-bond donors (Lipinski definition) is 2. The number of hydrogen-bond acceptors (Lipinski definition) is 8. The van der Waals surface area contributed by atoms with Crippen LogP contribution in [0.4, 0.5) is 0 Å². The van der Waals surface area contributed by atoms with E-state index in [4.69, 9.17) is 24.3 Å². The van der Waals surface area contributed by atoms with Crippen molar-refractivity contribution in [1.82, 2.24) is 0 Å². The lowest BCUT2D eigenvalue weighted by Gasteiger charge is -2.19. The van der Waals surface area contributed by atoms with Gasteiger partial charge in [0.1, 0.15) is 6.61 Å². The third-order valence-corrected chi connectivity index (χ3v) is 13.5. The van der Waals surface area contributed by atoms with Gasteiger partial charge in [0.2, 0.25) is 0 Å². The number of rotatable bonds is 56. The Kier molecular flexibility index (Phi) is 58.3. The monoisotopic (exact) mass is 1090 g/mol. The van der Waals surface area contributed by atoms with E-state index in [0.717, 1.165) is 122 Å². The van der Waals surface area contributed by atoms with Crippen molar-refractivity contribution in [2.24, 2.45) is 5.73 Å². The second-order valence-electron chi connectivity index (χ2n) is 19.8. The van der Waals surface area contributed by atoms with Crippen molar-refractivity contribution in [3.05, 3.63) is 134 Å². The van der Waals surface area contributed by atoms with Crippen molar-refractivity contribution in [3.8, 4) is 0 Å². The third-order valence-electron chi connectivity index (χ3n) is 12.5. The normalized spacial score (nSPS) is 14.0. The Morgan fingerprint density at radius 2 is 0.675 bits per heavy atom. The Labute approximate surface area is 472 Å². The molecule has 0 fully saturated rings. The lowest BCUT2D eigenvalue weighted by molar-refractivity contribution is -0.161. The molecule has 9 nitrogen and oxygen atoms in total. The molecular formula is C67H112NO8P. The number of esters is 2. The second kappa shape index (κ2) is 61.4. The summed E-state index contributed by atoms with van der Waals surface area (Å²) < 4.78 is 33.1. The molecule has 10 heteroatoms. The maximum absolute atomic E-state index is 12.7. The average Bonchev–Trinajstić information content (AvgIpc) is 3.42. The number of phosphoric acid groups is 1. The highest BCUT2D eigenvalue weighted by Gasteiger charge is 2.26. The fourth-order valence-electron chi connectivity index (χ4n) is 8.08. The predicted octanol–water partition coefficient (Wildman–Crippen LogP) is 19.7. The van der Waals surface area contributed by atoms with Gasteiger partial charge in [-0.15, -0.1) is 0 Å². The van der Waals surface area contributed by atoms with Crippen LogP contribution in [0.2, 0.25) is 0 Å². The Bertz CT molecular complexity index is 1720. The summed E-state index contributed by atoms with van der Waals surface area (Å²) in [5.41, 5.74) is 5.38. The molecule has 2 atom stereocenters. The summed E-state index contributed by atoms with van der Waals surface area (Å²) in [6.45, 7) is 3.49. The summed E-state index contributed by atoms with van der Waals surface area (Å²) in [5, 5.41) is 0. The molecule has 0 aliphatic rings.